The zero-order valence-corrected chi connectivity index (χ0v) is 10.2. The lowest BCUT2D eigenvalue weighted by Crippen LogP contribution is -2.18. The molecule has 17 heavy (non-hydrogen) atoms. The van der Waals surface area contributed by atoms with Crippen LogP contribution in [0.15, 0.2) is 47.1 Å². The van der Waals surface area contributed by atoms with Gasteiger partial charge in [-0.2, -0.15) is 0 Å². The molecule has 0 spiro atoms. The van der Waals surface area contributed by atoms with Crippen LogP contribution in [0, 0.1) is 0 Å². The van der Waals surface area contributed by atoms with Gasteiger partial charge in [-0.05, 0) is 24.3 Å². The standard InChI is InChI=1S/C14H11NOS/c1-15-13-7-3-2-6-11(13)12(14(15)17)9-10-5-4-8-16-10/h2-9H,1H3/b12-9+. The zero-order valence-electron chi connectivity index (χ0n) is 9.38. The highest BCUT2D eigenvalue weighted by molar-refractivity contribution is 7.81. The second-order valence-electron chi connectivity index (χ2n) is 3.95. The Hall–Kier alpha value is -1.87. The smallest absolute Gasteiger partial charge is 0.127 e. The third-order valence-electron chi connectivity index (χ3n) is 2.92. The van der Waals surface area contributed by atoms with Gasteiger partial charge in [0.2, 0.25) is 0 Å². The van der Waals surface area contributed by atoms with Gasteiger partial charge in [-0.15, -0.1) is 0 Å². The molecule has 0 unspecified atom stereocenters. The molecule has 0 saturated heterocycles. The van der Waals surface area contributed by atoms with Gasteiger partial charge in [0.1, 0.15) is 10.7 Å². The molecular formula is C14H11NOS. The summed E-state index contributed by atoms with van der Waals surface area (Å²) < 4.78 is 5.34. The molecule has 3 rings (SSSR count). The molecule has 2 nitrogen and oxygen atoms in total. The van der Waals surface area contributed by atoms with Gasteiger partial charge in [-0.1, -0.05) is 30.4 Å². The Morgan fingerprint density at radius 1 is 1.18 bits per heavy atom. The summed E-state index contributed by atoms with van der Waals surface area (Å²) in [6.45, 7) is 0. The predicted molar refractivity (Wildman–Crippen MR) is 74.0 cm³/mol. The van der Waals surface area contributed by atoms with E-state index in [1.54, 1.807) is 6.26 Å². The predicted octanol–water partition coefficient (Wildman–Crippen LogP) is 3.60. The van der Waals surface area contributed by atoms with E-state index in [4.69, 9.17) is 16.6 Å². The minimum Gasteiger partial charge on any atom is -0.465 e. The molecular weight excluding hydrogens is 230 g/mol. The van der Waals surface area contributed by atoms with E-state index in [1.165, 1.54) is 0 Å². The summed E-state index contributed by atoms with van der Waals surface area (Å²) in [5.41, 5.74) is 3.36. The Bertz CT molecular complexity index is 598. The Labute approximate surface area is 105 Å². The van der Waals surface area contributed by atoms with Gasteiger partial charge in [0.15, 0.2) is 0 Å². The minimum absolute atomic E-state index is 0.826. The third kappa shape index (κ3) is 1.59. The Morgan fingerprint density at radius 2 is 2.00 bits per heavy atom. The molecule has 1 aliphatic heterocycles. The number of likely N-dealkylation sites (N-methyl/N-ethyl adjacent to an activating group) is 1. The van der Waals surface area contributed by atoms with E-state index in [1.807, 2.05) is 42.3 Å². The van der Waals surface area contributed by atoms with E-state index >= 15 is 0 Å². The molecule has 1 aromatic carbocycles. The molecule has 0 bridgehead atoms. The highest BCUT2D eigenvalue weighted by Gasteiger charge is 2.25. The number of nitrogens with zero attached hydrogens (tertiary/aromatic N) is 1. The maximum atomic E-state index is 5.46. The van der Waals surface area contributed by atoms with Crippen LogP contribution < -0.4 is 4.90 Å². The van der Waals surface area contributed by atoms with Crippen molar-refractivity contribution in [2.45, 2.75) is 0 Å². The maximum Gasteiger partial charge on any atom is 0.127 e. The van der Waals surface area contributed by atoms with Crippen molar-refractivity contribution in [3.05, 3.63) is 54.0 Å². The van der Waals surface area contributed by atoms with Crippen LogP contribution in [0.4, 0.5) is 5.69 Å². The van der Waals surface area contributed by atoms with Crippen LogP contribution in [0.3, 0.4) is 0 Å². The van der Waals surface area contributed by atoms with Crippen LogP contribution in [0.1, 0.15) is 11.3 Å². The van der Waals surface area contributed by atoms with Crippen molar-refractivity contribution in [2.24, 2.45) is 0 Å². The topological polar surface area (TPSA) is 16.4 Å². The second kappa shape index (κ2) is 3.86. The SMILES string of the molecule is CN1C(=S)/C(=C/c2ccco2)c2ccccc21. The summed E-state index contributed by atoms with van der Waals surface area (Å²) in [5, 5.41) is 0. The fourth-order valence-electron chi connectivity index (χ4n) is 2.05. The number of anilines is 1. The molecule has 0 fully saturated rings. The fourth-order valence-corrected chi connectivity index (χ4v) is 2.32. The Kier molecular flexibility index (Phi) is 2.34. The van der Waals surface area contributed by atoms with Crippen molar-refractivity contribution < 1.29 is 4.42 Å². The van der Waals surface area contributed by atoms with Gasteiger partial charge < -0.3 is 9.32 Å². The van der Waals surface area contributed by atoms with Crippen LogP contribution in [-0.2, 0) is 0 Å². The van der Waals surface area contributed by atoms with Gasteiger partial charge in [0, 0.05) is 23.9 Å². The molecule has 0 N–H and O–H groups in total. The summed E-state index contributed by atoms with van der Waals surface area (Å²) in [7, 11) is 1.99. The van der Waals surface area contributed by atoms with E-state index in [0.717, 1.165) is 27.6 Å². The molecule has 0 radical (unpaired) electrons. The molecule has 2 aromatic rings. The summed E-state index contributed by atoms with van der Waals surface area (Å²) in [6, 6.07) is 12.0. The van der Waals surface area contributed by atoms with Crippen LogP contribution in [0.2, 0.25) is 0 Å². The molecule has 84 valence electrons. The van der Waals surface area contributed by atoms with Crippen molar-refractivity contribution in [1.29, 1.82) is 0 Å². The molecule has 0 saturated carbocycles. The number of benzene rings is 1. The molecule has 1 aromatic heterocycles. The maximum absolute atomic E-state index is 5.46. The van der Waals surface area contributed by atoms with E-state index in [-0.39, 0.29) is 0 Å². The normalized spacial score (nSPS) is 16.6. The number of hydrogen-bond donors (Lipinski definition) is 0. The number of fused-ring (bicyclic) bond motifs is 1. The van der Waals surface area contributed by atoms with Crippen LogP contribution >= 0.6 is 12.2 Å². The average Bonchev–Trinajstić information content (AvgIpc) is 2.94. The summed E-state index contributed by atoms with van der Waals surface area (Å²) in [6.07, 6.45) is 3.66. The van der Waals surface area contributed by atoms with Crippen molar-refractivity contribution in [2.75, 3.05) is 11.9 Å². The number of furan rings is 1. The molecule has 3 heteroatoms. The molecule has 0 amide bonds. The van der Waals surface area contributed by atoms with Gasteiger partial charge in [-0.3, -0.25) is 0 Å². The van der Waals surface area contributed by atoms with Crippen LogP contribution in [-0.4, -0.2) is 12.0 Å². The van der Waals surface area contributed by atoms with E-state index in [0.29, 0.717) is 0 Å². The lowest BCUT2D eigenvalue weighted by Gasteiger charge is -2.10. The van der Waals surface area contributed by atoms with Gasteiger partial charge in [-0.25, -0.2) is 0 Å². The first-order valence-electron chi connectivity index (χ1n) is 5.40. The van der Waals surface area contributed by atoms with Crippen molar-refractivity contribution in [3.63, 3.8) is 0 Å². The first kappa shape index (κ1) is 10.3. The van der Waals surface area contributed by atoms with Crippen molar-refractivity contribution in [3.8, 4) is 0 Å². The molecule has 1 aliphatic rings. The molecule has 2 heterocycles. The first-order chi connectivity index (χ1) is 8.27. The summed E-state index contributed by atoms with van der Waals surface area (Å²) in [4.78, 5) is 2.86. The molecule has 0 atom stereocenters. The highest BCUT2D eigenvalue weighted by Crippen LogP contribution is 2.37. The van der Waals surface area contributed by atoms with Crippen molar-refractivity contribution in [1.82, 2.24) is 0 Å². The monoisotopic (exact) mass is 241 g/mol. The quantitative estimate of drug-likeness (QED) is 0.560. The highest BCUT2D eigenvalue weighted by atomic mass is 32.1. The largest absolute Gasteiger partial charge is 0.465 e. The van der Waals surface area contributed by atoms with Crippen molar-refractivity contribution >= 4 is 34.5 Å². The Balaban J connectivity index is 2.16. The fraction of sp³-hybridized carbons (Fsp3) is 0.0714. The lowest BCUT2D eigenvalue weighted by molar-refractivity contribution is 0.557. The van der Waals surface area contributed by atoms with E-state index < -0.39 is 0 Å². The number of thiocarbonyl (C=S) groups is 1. The number of rotatable bonds is 1. The third-order valence-corrected chi connectivity index (χ3v) is 3.41. The zero-order chi connectivity index (χ0) is 11.8. The van der Waals surface area contributed by atoms with Crippen LogP contribution in [0.25, 0.3) is 11.6 Å². The van der Waals surface area contributed by atoms with Gasteiger partial charge >= 0.3 is 0 Å². The molecule has 0 aliphatic carbocycles. The van der Waals surface area contributed by atoms with Gasteiger partial charge in [0.05, 0.1) is 6.26 Å². The average molecular weight is 241 g/mol. The summed E-state index contributed by atoms with van der Waals surface area (Å²) in [5.74, 6) is 0.826. The minimum atomic E-state index is 0.826. The first-order valence-corrected chi connectivity index (χ1v) is 5.81. The van der Waals surface area contributed by atoms with Gasteiger partial charge in [0.25, 0.3) is 0 Å². The number of hydrogen-bond acceptors (Lipinski definition) is 2. The lowest BCUT2D eigenvalue weighted by atomic mass is 10.1. The van der Waals surface area contributed by atoms with E-state index in [9.17, 15) is 0 Å². The van der Waals surface area contributed by atoms with E-state index in [2.05, 4.69) is 12.1 Å². The Morgan fingerprint density at radius 3 is 2.76 bits per heavy atom. The second-order valence-corrected chi connectivity index (χ2v) is 4.34. The number of para-hydroxylation sites is 1. The van der Waals surface area contributed by atoms with Crippen LogP contribution in [0.5, 0.6) is 0 Å². The summed E-state index contributed by atoms with van der Waals surface area (Å²) >= 11 is 5.46.